The van der Waals surface area contributed by atoms with E-state index in [0.29, 0.717) is 0 Å². The number of aryl methyl sites for hydroxylation is 1. The lowest BCUT2D eigenvalue weighted by atomic mass is 10.2. The molecular formula is C13H15NOS. The number of pyridine rings is 1. The van der Waals surface area contributed by atoms with E-state index < -0.39 is 0 Å². The van der Waals surface area contributed by atoms with Crippen molar-refractivity contribution in [3.8, 4) is 10.4 Å². The number of hydrogen-bond donors (Lipinski definition) is 0. The van der Waals surface area contributed by atoms with Gasteiger partial charge >= 0.3 is 0 Å². The minimum atomic E-state index is 0.789. The van der Waals surface area contributed by atoms with Crippen LogP contribution in [-0.2, 0) is 11.2 Å². The van der Waals surface area contributed by atoms with Crippen LogP contribution in [-0.4, -0.2) is 18.7 Å². The lowest BCUT2D eigenvalue weighted by Crippen LogP contribution is -1.92. The number of thiophene rings is 1. The Labute approximate surface area is 99.9 Å². The van der Waals surface area contributed by atoms with Gasteiger partial charge in [0.25, 0.3) is 0 Å². The molecule has 0 spiro atoms. The molecule has 0 radical (unpaired) electrons. The van der Waals surface area contributed by atoms with Gasteiger partial charge < -0.3 is 4.74 Å². The van der Waals surface area contributed by atoms with Crippen LogP contribution in [0.25, 0.3) is 10.4 Å². The molecular weight excluding hydrogens is 218 g/mol. The molecule has 0 saturated carbocycles. The Kier molecular flexibility index (Phi) is 3.70. The molecule has 0 atom stereocenters. The highest BCUT2D eigenvalue weighted by molar-refractivity contribution is 7.15. The van der Waals surface area contributed by atoms with Crippen LogP contribution >= 0.6 is 11.3 Å². The smallest absolute Gasteiger partial charge is 0.0510 e. The van der Waals surface area contributed by atoms with E-state index in [4.69, 9.17) is 4.74 Å². The van der Waals surface area contributed by atoms with Crippen molar-refractivity contribution in [1.29, 1.82) is 0 Å². The molecule has 3 heteroatoms. The number of rotatable bonds is 4. The molecule has 2 heterocycles. The van der Waals surface area contributed by atoms with Crippen LogP contribution in [0.1, 0.15) is 10.4 Å². The zero-order valence-corrected chi connectivity index (χ0v) is 10.4. The zero-order valence-electron chi connectivity index (χ0n) is 9.56. The molecule has 0 N–H and O–H groups in total. The summed E-state index contributed by atoms with van der Waals surface area (Å²) in [6.07, 6.45) is 4.66. The lowest BCUT2D eigenvalue weighted by Gasteiger charge is -1.97. The number of hydrogen-bond acceptors (Lipinski definition) is 3. The maximum atomic E-state index is 5.11. The first-order valence-electron chi connectivity index (χ1n) is 5.30. The molecule has 0 unspecified atom stereocenters. The van der Waals surface area contributed by atoms with Gasteiger partial charge in [-0.2, -0.15) is 0 Å². The van der Waals surface area contributed by atoms with Crippen LogP contribution in [0.3, 0.4) is 0 Å². The molecule has 84 valence electrons. The highest BCUT2D eigenvalue weighted by Crippen LogP contribution is 2.31. The van der Waals surface area contributed by atoms with Gasteiger partial charge in [0.1, 0.15) is 0 Å². The van der Waals surface area contributed by atoms with Crippen molar-refractivity contribution in [3.05, 3.63) is 41.0 Å². The van der Waals surface area contributed by atoms with E-state index in [9.17, 15) is 0 Å². The second kappa shape index (κ2) is 5.23. The molecule has 2 aromatic rings. The maximum Gasteiger partial charge on any atom is 0.0510 e. The third kappa shape index (κ3) is 2.49. The topological polar surface area (TPSA) is 22.1 Å². The minimum absolute atomic E-state index is 0.789. The first-order chi connectivity index (χ1) is 7.81. The Morgan fingerprint density at radius 2 is 2.06 bits per heavy atom. The SMILES string of the molecule is COCCc1sc(-c2ccncc2)cc1C. The molecule has 16 heavy (non-hydrogen) atoms. The van der Waals surface area contributed by atoms with E-state index in [1.807, 2.05) is 35.9 Å². The summed E-state index contributed by atoms with van der Waals surface area (Å²) in [6.45, 7) is 2.95. The standard InChI is InChI=1S/C13H15NOS/c1-10-9-13(11-3-6-14-7-4-11)16-12(10)5-8-15-2/h3-4,6-7,9H,5,8H2,1-2H3. The second-order valence-corrected chi connectivity index (χ2v) is 4.83. The Hall–Kier alpha value is -1.19. The first-order valence-corrected chi connectivity index (χ1v) is 6.11. The van der Waals surface area contributed by atoms with E-state index >= 15 is 0 Å². The molecule has 0 bridgehead atoms. The van der Waals surface area contributed by atoms with Crippen LogP contribution in [0.5, 0.6) is 0 Å². The fourth-order valence-corrected chi connectivity index (χ4v) is 2.78. The molecule has 0 aliphatic rings. The van der Waals surface area contributed by atoms with Gasteiger partial charge in [-0.1, -0.05) is 0 Å². The van der Waals surface area contributed by atoms with Crippen molar-refractivity contribution in [2.45, 2.75) is 13.3 Å². The predicted octanol–water partition coefficient (Wildman–Crippen LogP) is 3.31. The van der Waals surface area contributed by atoms with E-state index in [-0.39, 0.29) is 0 Å². The van der Waals surface area contributed by atoms with Gasteiger partial charge in [0.2, 0.25) is 0 Å². The molecule has 2 rings (SSSR count). The molecule has 2 nitrogen and oxygen atoms in total. The van der Waals surface area contributed by atoms with Crippen molar-refractivity contribution < 1.29 is 4.74 Å². The number of nitrogens with zero attached hydrogens (tertiary/aromatic N) is 1. The molecule has 0 saturated heterocycles. The van der Waals surface area contributed by atoms with Crippen molar-refractivity contribution in [1.82, 2.24) is 4.98 Å². The summed E-state index contributed by atoms with van der Waals surface area (Å²) < 4.78 is 5.11. The quantitative estimate of drug-likeness (QED) is 0.808. The average Bonchev–Trinajstić information content (AvgIpc) is 2.69. The van der Waals surface area contributed by atoms with Gasteiger partial charge in [0.05, 0.1) is 6.61 Å². The van der Waals surface area contributed by atoms with Crippen molar-refractivity contribution in [3.63, 3.8) is 0 Å². The van der Waals surface area contributed by atoms with Crippen LogP contribution in [0.15, 0.2) is 30.6 Å². The van der Waals surface area contributed by atoms with E-state index in [1.54, 1.807) is 7.11 Å². The van der Waals surface area contributed by atoms with Gasteiger partial charge in [0.15, 0.2) is 0 Å². The van der Waals surface area contributed by atoms with Crippen molar-refractivity contribution in [2.75, 3.05) is 13.7 Å². The summed E-state index contributed by atoms with van der Waals surface area (Å²) >= 11 is 1.84. The zero-order chi connectivity index (χ0) is 11.4. The van der Waals surface area contributed by atoms with E-state index in [0.717, 1.165) is 13.0 Å². The van der Waals surface area contributed by atoms with Crippen molar-refractivity contribution in [2.24, 2.45) is 0 Å². The minimum Gasteiger partial charge on any atom is -0.384 e. The lowest BCUT2D eigenvalue weighted by molar-refractivity contribution is 0.203. The van der Waals surface area contributed by atoms with Crippen LogP contribution in [0.2, 0.25) is 0 Å². The summed E-state index contributed by atoms with van der Waals surface area (Å²) in [5, 5.41) is 0. The van der Waals surface area contributed by atoms with Crippen LogP contribution in [0, 0.1) is 6.92 Å². The largest absolute Gasteiger partial charge is 0.384 e. The Balaban J connectivity index is 2.24. The molecule has 2 aromatic heterocycles. The summed E-state index contributed by atoms with van der Waals surface area (Å²) in [4.78, 5) is 6.76. The summed E-state index contributed by atoms with van der Waals surface area (Å²) in [5.74, 6) is 0. The van der Waals surface area contributed by atoms with Gasteiger partial charge in [0, 0.05) is 35.7 Å². The summed E-state index contributed by atoms with van der Waals surface area (Å²) in [5.41, 5.74) is 2.60. The molecule has 0 amide bonds. The van der Waals surface area contributed by atoms with Gasteiger partial charge in [-0.25, -0.2) is 0 Å². The summed E-state index contributed by atoms with van der Waals surface area (Å²) in [7, 11) is 1.74. The van der Waals surface area contributed by atoms with Crippen LogP contribution in [0.4, 0.5) is 0 Å². The van der Waals surface area contributed by atoms with Gasteiger partial charge in [-0.15, -0.1) is 11.3 Å². The Morgan fingerprint density at radius 1 is 1.31 bits per heavy atom. The normalized spacial score (nSPS) is 10.6. The molecule has 0 aromatic carbocycles. The monoisotopic (exact) mass is 233 g/mol. The van der Waals surface area contributed by atoms with Crippen LogP contribution < -0.4 is 0 Å². The highest BCUT2D eigenvalue weighted by Gasteiger charge is 2.06. The maximum absolute atomic E-state index is 5.11. The van der Waals surface area contributed by atoms with E-state index in [1.165, 1.54) is 20.9 Å². The molecule has 0 aliphatic heterocycles. The summed E-state index contributed by atoms with van der Waals surface area (Å²) in [6, 6.07) is 6.34. The fraction of sp³-hybridized carbons (Fsp3) is 0.308. The third-order valence-corrected chi connectivity index (χ3v) is 3.86. The number of aromatic nitrogens is 1. The first kappa shape index (κ1) is 11.3. The second-order valence-electron chi connectivity index (χ2n) is 3.70. The Bertz CT molecular complexity index is 450. The molecule has 0 aliphatic carbocycles. The van der Waals surface area contributed by atoms with Gasteiger partial charge in [-0.3, -0.25) is 4.98 Å². The van der Waals surface area contributed by atoms with E-state index in [2.05, 4.69) is 18.0 Å². The predicted molar refractivity (Wildman–Crippen MR) is 67.9 cm³/mol. The van der Waals surface area contributed by atoms with Crippen molar-refractivity contribution >= 4 is 11.3 Å². The number of methoxy groups -OCH3 is 1. The highest BCUT2D eigenvalue weighted by atomic mass is 32.1. The third-order valence-electron chi connectivity index (χ3n) is 2.52. The molecule has 0 fully saturated rings. The van der Waals surface area contributed by atoms with Gasteiger partial charge in [-0.05, 0) is 36.2 Å². The number of ether oxygens (including phenoxy) is 1. The fourth-order valence-electron chi connectivity index (χ4n) is 1.62. The average molecular weight is 233 g/mol. The Morgan fingerprint density at radius 3 is 2.75 bits per heavy atom.